The van der Waals surface area contributed by atoms with Crippen LogP contribution in [0.5, 0.6) is 0 Å². The third-order valence-corrected chi connectivity index (χ3v) is 3.92. The van der Waals surface area contributed by atoms with Crippen molar-refractivity contribution in [2.24, 2.45) is 0 Å². The molecule has 0 heterocycles. The molecule has 0 radical (unpaired) electrons. The number of likely N-dealkylation sites (N-methyl/N-ethyl adjacent to an activating group) is 1. The van der Waals surface area contributed by atoms with Gasteiger partial charge in [-0.15, -0.1) is 0 Å². The molecule has 0 aromatic heterocycles. The molecule has 8 nitrogen and oxygen atoms in total. The number of amides is 2. The summed E-state index contributed by atoms with van der Waals surface area (Å²) in [6, 6.07) is 8.28. The number of ether oxygens (including phenoxy) is 2. The Balaban J connectivity index is 2.47. The average Bonchev–Trinajstić information content (AvgIpc) is 2.61. The summed E-state index contributed by atoms with van der Waals surface area (Å²) in [7, 11) is 2.98. The first-order valence-corrected chi connectivity index (χ1v) is 9.11. The molecule has 156 valence electrons. The van der Waals surface area contributed by atoms with Gasteiger partial charge in [-0.2, -0.15) is 0 Å². The zero-order valence-electron chi connectivity index (χ0n) is 17.2. The van der Waals surface area contributed by atoms with Gasteiger partial charge in [0.15, 0.2) is 0 Å². The summed E-state index contributed by atoms with van der Waals surface area (Å²) in [5, 5.41) is 9.42. The van der Waals surface area contributed by atoms with E-state index in [0.717, 1.165) is 10.5 Å². The van der Waals surface area contributed by atoms with Gasteiger partial charge in [-0.3, -0.25) is 4.90 Å². The zero-order chi connectivity index (χ0) is 21.3. The summed E-state index contributed by atoms with van der Waals surface area (Å²) in [4.78, 5) is 38.1. The molecule has 0 saturated heterocycles. The lowest BCUT2D eigenvalue weighted by Gasteiger charge is -2.28. The van der Waals surface area contributed by atoms with Gasteiger partial charge < -0.3 is 19.5 Å². The number of carbonyl (C=O) groups excluding carboxylic acids is 2. The summed E-state index contributed by atoms with van der Waals surface area (Å²) in [5.41, 5.74) is 0.172. The van der Waals surface area contributed by atoms with Crippen molar-refractivity contribution in [2.75, 3.05) is 20.6 Å². The maximum atomic E-state index is 12.1. The number of aliphatic carboxylic acids is 1. The van der Waals surface area contributed by atoms with Crippen LogP contribution in [0.3, 0.4) is 0 Å². The van der Waals surface area contributed by atoms with E-state index in [4.69, 9.17) is 9.47 Å². The minimum atomic E-state index is -1.12. The Morgan fingerprint density at radius 3 is 2.21 bits per heavy atom. The third-order valence-electron chi connectivity index (χ3n) is 3.92. The van der Waals surface area contributed by atoms with E-state index < -0.39 is 29.8 Å². The summed E-state index contributed by atoms with van der Waals surface area (Å²) >= 11 is 0. The SMILES string of the molecule is CN(CCC[C@H](C(=O)O)N(C)C(=O)OC(C)(C)C)C(=O)OCc1ccccc1. The molecule has 0 fully saturated rings. The molecule has 0 aliphatic rings. The number of nitrogens with zero attached hydrogens (tertiary/aromatic N) is 2. The van der Waals surface area contributed by atoms with Crippen molar-refractivity contribution >= 4 is 18.2 Å². The maximum Gasteiger partial charge on any atom is 0.410 e. The highest BCUT2D eigenvalue weighted by molar-refractivity contribution is 5.80. The monoisotopic (exact) mass is 394 g/mol. The molecule has 0 bridgehead atoms. The lowest BCUT2D eigenvalue weighted by molar-refractivity contribution is -0.143. The molecule has 8 heteroatoms. The largest absolute Gasteiger partial charge is 0.480 e. The van der Waals surface area contributed by atoms with E-state index >= 15 is 0 Å². The number of benzene rings is 1. The van der Waals surface area contributed by atoms with Crippen molar-refractivity contribution in [3.05, 3.63) is 35.9 Å². The van der Waals surface area contributed by atoms with Crippen LogP contribution in [0.2, 0.25) is 0 Å². The Hall–Kier alpha value is -2.77. The first kappa shape index (κ1) is 23.3. The van der Waals surface area contributed by atoms with Crippen molar-refractivity contribution in [1.82, 2.24) is 9.80 Å². The highest BCUT2D eigenvalue weighted by Crippen LogP contribution is 2.14. The normalized spacial score (nSPS) is 12.0. The predicted octanol–water partition coefficient (Wildman–Crippen LogP) is 3.36. The van der Waals surface area contributed by atoms with Gasteiger partial charge in [0.25, 0.3) is 0 Å². The van der Waals surface area contributed by atoms with E-state index in [1.54, 1.807) is 27.8 Å². The summed E-state index contributed by atoms with van der Waals surface area (Å²) in [6.45, 7) is 5.61. The molecule has 2 amide bonds. The molecule has 1 aromatic carbocycles. The molecule has 1 aromatic rings. The zero-order valence-corrected chi connectivity index (χ0v) is 17.2. The van der Waals surface area contributed by atoms with Gasteiger partial charge in [0.05, 0.1) is 0 Å². The van der Waals surface area contributed by atoms with Crippen LogP contribution < -0.4 is 0 Å². The number of hydrogen-bond acceptors (Lipinski definition) is 5. The Morgan fingerprint density at radius 2 is 1.68 bits per heavy atom. The van der Waals surface area contributed by atoms with Crippen LogP contribution in [0.4, 0.5) is 9.59 Å². The maximum absolute atomic E-state index is 12.1. The molecule has 1 atom stereocenters. The van der Waals surface area contributed by atoms with Crippen molar-refractivity contribution in [3.63, 3.8) is 0 Å². The van der Waals surface area contributed by atoms with Crippen molar-refractivity contribution in [1.29, 1.82) is 0 Å². The van der Waals surface area contributed by atoms with Gasteiger partial charge in [0.1, 0.15) is 18.2 Å². The molecule has 28 heavy (non-hydrogen) atoms. The fourth-order valence-corrected chi connectivity index (χ4v) is 2.39. The molecule has 0 aliphatic carbocycles. The highest BCUT2D eigenvalue weighted by Gasteiger charge is 2.29. The molecular weight excluding hydrogens is 364 g/mol. The Bertz CT molecular complexity index is 656. The smallest absolute Gasteiger partial charge is 0.410 e. The topological polar surface area (TPSA) is 96.4 Å². The van der Waals surface area contributed by atoms with E-state index in [0.29, 0.717) is 13.0 Å². The van der Waals surface area contributed by atoms with E-state index in [-0.39, 0.29) is 13.0 Å². The minimum Gasteiger partial charge on any atom is -0.480 e. The lowest BCUT2D eigenvalue weighted by atomic mass is 10.1. The van der Waals surface area contributed by atoms with Gasteiger partial charge in [-0.1, -0.05) is 30.3 Å². The molecule has 0 unspecified atom stereocenters. The van der Waals surface area contributed by atoms with Crippen LogP contribution in [-0.2, 0) is 20.9 Å². The molecule has 1 rings (SSSR count). The van der Waals surface area contributed by atoms with Crippen LogP contribution in [-0.4, -0.2) is 65.3 Å². The van der Waals surface area contributed by atoms with Gasteiger partial charge in [0, 0.05) is 20.6 Å². The molecule has 1 N–H and O–H groups in total. The Kier molecular flexibility index (Phi) is 8.76. The van der Waals surface area contributed by atoms with Crippen LogP contribution >= 0.6 is 0 Å². The van der Waals surface area contributed by atoms with E-state index in [9.17, 15) is 19.5 Å². The number of rotatable bonds is 8. The second-order valence-corrected chi connectivity index (χ2v) is 7.55. The predicted molar refractivity (Wildman–Crippen MR) is 104 cm³/mol. The van der Waals surface area contributed by atoms with E-state index in [1.165, 1.54) is 11.9 Å². The fourth-order valence-electron chi connectivity index (χ4n) is 2.39. The van der Waals surface area contributed by atoms with E-state index in [2.05, 4.69) is 0 Å². The van der Waals surface area contributed by atoms with Gasteiger partial charge in [-0.05, 0) is 39.2 Å². The molecular formula is C20H30N2O6. The van der Waals surface area contributed by atoms with Crippen molar-refractivity contribution in [3.8, 4) is 0 Å². The average molecular weight is 394 g/mol. The van der Waals surface area contributed by atoms with E-state index in [1.807, 2.05) is 30.3 Å². The van der Waals surface area contributed by atoms with Crippen LogP contribution in [0.1, 0.15) is 39.2 Å². The quantitative estimate of drug-likeness (QED) is 0.726. The van der Waals surface area contributed by atoms with Gasteiger partial charge in [0.2, 0.25) is 0 Å². The lowest BCUT2D eigenvalue weighted by Crippen LogP contribution is -2.45. The summed E-state index contributed by atoms with van der Waals surface area (Å²) in [6.07, 6.45) is -0.616. The standard InChI is InChI=1S/C20H30N2O6/c1-20(2,3)28-19(26)22(5)16(17(23)24)12-9-13-21(4)18(25)27-14-15-10-7-6-8-11-15/h6-8,10-11,16H,9,12-14H2,1-5H3,(H,23,24)/t16-/m1/s1. The molecule has 0 spiro atoms. The van der Waals surface area contributed by atoms with Crippen molar-refractivity contribution < 1.29 is 29.0 Å². The summed E-state index contributed by atoms with van der Waals surface area (Å²) in [5.74, 6) is -1.12. The van der Waals surface area contributed by atoms with Crippen molar-refractivity contribution in [2.45, 2.75) is 51.9 Å². The fraction of sp³-hybridized carbons (Fsp3) is 0.550. The van der Waals surface area contributed by atoms with Gasteiger partial charge >= 0.3 is 18.2 Å². The number of hydrogen-bond donors (Lipinski definition) is 1. The second-order valence-electron chi connectivity index (χ2n) is 7.55. The summed E-state index contributed by atoms with van der Waals surface area (Å²) < 4.78 is 10.4. The number of carboxylic acids is 1. The number of carboxylic acid groups (broad SMARTS) is 1. The third kappa shape index (κ3) is 8.28. The molecule has 0 aliphatic heterocycles. The Morgan fingerprint density at radius 1 is 1.07 bits per heavy atom. The van der Waals surface area contributed by atoms with Crippen LogP contribution in [0, 0.1) is 0 Å². The first-order chi connectivity index (χ1) is 13.0. The molecule has 0 saturated carbocycles. The highest BCUT2D eigenvalue weighted by atomic mass is 16.6. The Labute approximate surface area is 166 Å². The number of carbonyl (C=O) groups is 3. The minimum absolute atomic E-state index is 0.170. The van der Waals surface area contributed by atoms with Crippen LogP contribution in [0.25, 0.3) is 0 Å². The van der Waals surface area contributed by atoms with Gasteiger partial charge in [-0.25, -0.2) is 14.4 Å². The second kappa shape index (κ2) is 10.5. The van der Waals surface area contributed by atoms with Crippen LogP contribution in [0.15, 0.2) is 30.3 Å². The first-order valence-electron chi connectivity index (χ1n) is 9.11.